The molecule has 2 atom stereocenters. The highest BCUT2D eigenvalue weighted by Crippen LogP contribution is 2.31. The minimum Gasteiger partial charge on any atom is -0.354 e. The molecule has 19 heavy (non-hydrogen) atoms. The molecule has 2 unspecified atom stereocenters. The normalized spacial score (nSPS) is 19.0. The van der Waals surface area contributed by atoms with E-state index in [9.17, 15) is 9.59 Å². The van der Waals surface area contributed by atoms with Gasteiger partial charge in [-0.3, -0.25) is 14.2 Å². The Morgan fingerprint density at radius 3 is 3.11 bits per heavy atom. The first-order valence-corrected chi connectivity index (χ1v) is 7.52. The number of nitrogens with zero attached hydrogens (tertiary/aromatic N) is 2. The zero-order chi connectivity index (χ0) is 14.0. The minimum absolute atomic E-state index is 0.000255. The lowest BCUT2D eigenvalue weighted by molar-refractivity contribution is -0.122. The maximum absolute atomic E-state index is 12.0. The lowest BCUT2D eigenvalue weighted by atomic mass is 10.2. The summed E-state index contributed by atoms with van der Waals surface area (Å²) in [6.07, 6.45) is 1.25. The summed E-state index contributed by atoms with van der Waals surface area (Å²) in [6, 6.07) is 1.62. The fraction of sp³-hybridized carbons (Fsp3) is 0.615. The number of rotatable bonds is 4. The van der Waals surface area contributed by atoms with E-state index in [1.165, 1.54) is 6.07 Å². The van der Waals surface area contributed by atoms with Crippen LogP contribution < -0.4 is 10.9 Å². The fourth-order valence-corrected chi connectivity index (χ4v) is 3.26. The van der Waals surface area contributed by atoms with E-state index >= 15 is 0 Å². The van der Waals surface area contributed by atoms with Gasteiger partial charge in [0.25, 0.3) is 5.56 Å². The molecule has 104 valence electrons. The standard InChI is InChI=1S/C13H19N3O2S/c1-4-8(2)14-11(17)6-10-7-19-13-15-9(3)5-12(18)16(10)13/h5,8,10H,4,6-7H2,1-3H3,(H,14,17). The Kier molecular flexibility index (Phi) is 4.29. The van der Waals surface area contributed by atoms with E-state index in [1.807, 2.05) is 20.8 Å². The lowest BCUT2D eigenvalue weighted by Gasteiger charge is -2.15. The van der Waals surface area contributed by atoms with Gasteiger partial charge >= 0.3 is 0 Å². The van der Waals surface area contributed by atoms with Gasteiger partial charge in [-0.25, -0.2) is 4.98 Å². The SMILES string of the molecule is CCC(C)NC(=O)CC1CSc2nc(C)cc(=O)n21. The van der Waals surface area contributed by atoms with Crippen molar-refractivity contribution in [3.8, 4) is 0 Å². The van der Waals surface area contributed by atoms with Crippen LogP contribution in [-0.2, 0) is 4.79 Å². The number of nitrogens with one attached hydrogen (secondary N) is 1. The van der Waals surface area contributed by atoms with Gasteiger partial charge < -0.3 is 5.32 Å². The molecule has 1 N–H and O–H groups in total. The summed E-state index contributed by atoms with van der Waals surface area (Å²) in [4.78, 5) is 28.2. The van der Waals surface area contributed by atoms with E-state index in [0.717, 1.165) is 23.0 Å². The average molecular weight is 281 g/mol. The van der Waals surface area contributed by atoms with Crippen LogP contribution in [-0.4, -0.2) is 27.3 Å². The topological polar surface area (TPSA) is 64.0 Å². The molecule has 2 heterocycles. The van der Waals surface area contributed by atoms with Crippen LogP contribution >= 0.6 is 11.8 Å². The summed E-state index contributed by atoms with van der Waals surface area (Å²) in [6.45, 7) is 5.82. The highest BCUT2D eigenvalue weighted by atomic mass is 32.2. The quantitative estimate of drug-likeness (QED) is 0.850. The number of carbonyl (C=O) groups excluding carboxylic acids is 1. The monoisotopic (exact) mass is 281 g/mol. The highest BCUT2D eigenvalue weighted by Gasteiger charge is 2.27. The second kappa shape index (κ2) is 5.77. The molecule has 1 aromatic heterocycles. The Hall–Kier alpha value is -1.30. The third-order valence-electron chi connectivity index (χ3n) is 3.26. The van der Waals surface area contributed by atoms with Crippen molar-refractivity contribution in [3.05, 3.63) is 22.1 Å². The van der Waals surface area contributed by atoms with Crippen molar-refractivity contribution < 1.29 is 4.79 Å². The second-order valence-electron chi connectivity index (χ2n) is 4.93. The molecule has 5 nitrogen and oxygen atoms in total. The van der Waals surface area contributed by atoms with Gasteiger partial charge in [-0.2, -0.15) is 0 Å². The zero-order valence-corrected chi connectivity index (χ0v) is 12.3. The number of thioether (sulfide) groups is 1. The molecule has 0 fully saturated rings. The predicted molar refractivity (Wildman–Crippen MR) is 75.5 cm³/mol. The molecule has 0 aliphatic carbocycles. The number of hydrogen-bond donors (Lipinski definition) is 1. The fourth-order valence-electron chi connectivity index (χ4n) is 2.06. The Labute approximate surface area is 116 Å². The van der Waals surface area contributed by atoms with E-state index < -0.39 is 0 Å². The van der Waals surface area contributed by atoms with Crippen LogP contribution in [0.3, 0.4) is 0 Å². The van der Waals surface area contributed by atoms with E-state index in [-0.39, 0.29) is 23.6 Å². The van der Waals surface area contributed by atoms with Gasteiger partial charge in [0.2, 0.25) is 5.91 Å². The van der Waals surface area contributed by atoms with Crippen molar-refractivity contribution in [1.82, 2.24) is 14.9 Å². The summed E-state index contributed by atoms with van der Waals surface area (Å²) in [7, 11) is 0. The minimum atomic E-state index is -0.0790. The maximum atomic E-state index is 12.0. The number of amides is 1. The van der Waals surface area contributed by atoms with Crippen molar-refractivity contribution >= 4 is 17.7 Å². The van der Waals surface area contributed by atoms with Crippen LogP contribution in [0.5, 0.6) is 0 Å². The van der Waals surface area contributed by atoms with Gasteiger partial charge in [-0.15, -0.1) is 0 Å². The summed E-state index contributed by atoms with van der Waals surface area (Å²) >= 11 is 1.54. The van der Waals surface area contributed by atoms with Crippen molar-refractivity contribution in [2.45, 2.75) is 50.9 Å². The molecule has 0 aromatic carbocycles. The van der Waals surface area contributed by atoms with Crippen molar-refractivity contribution in [2.75, 3.05) is 5.75 Å². The number of aryl methyl sites for hydroxylation is 1. The van der Waals surface area contributed by atoms with Crippen LogP contribution in [0.2, 0.25) is 0 Å². The molecule has 1 aliphatic heterocycles. The smallest absolute Gasteiger partial charge is 0.254 e. The predicted octanol–water partition coefficient (Wildman–Crippen LogP) is 1.50. The van der Waals surface area contributed by atoms with Gasteiger partial charge in [0, 0.05) is 30.0 Å². The number of aromatic nitrogens is 2. The molecule has 1 amide bonds. The summed E-state index contributed by atoms with van der Waals surface area (Å²) in [5.41, 5.74) is 0.669. The zero-order valence-electron chi connectivity index (χ0n) is 11.5. The van der Waals surface area contributed by atoms with Crippen LogP contribution in [0.15, 0.2) is 16.0 Å². The molecule has 1 aromatic rings. The van der Waals surface area contributed by atoms with Crippen LogP contribution in [0, 0.1) is 6.92 Å². The Bertz CT molecular complexity index is 541. The largest absolute Gasteiger partial charge is 0.354 e. The number of carbonyl (C=O) groups is 1. The Morgan fingerprint density at radius 1 is 1.68 bits per heavy atom. The van der Waals surface area contributed by atoms with Crippen molar-refractivity contribution in [3.63, 3.8) is 0 Å². The van der Waals surface area contributed by atoms with Crippen LogP contribution in [0.4, 0.5) is 0 Å². The maximum Gasteiger partial charge on any atom is 0.254 e. The van der Waals surface area contributed by atoms with Crippen molar-refractivity contribution in [1.29, 1.82) is 0 Å². The molecule has 0 saturated heterocycles. The van der Waals surface area contributed by atoms with Gasteiger partial charge in [-0.1, -0.05) is 18.7 Å². The average Bonchev–Trinajstić information content (AvgIpc) is 2.71. The van der Waals surface area contributed by atoms with Gasteiger partial charge in [-0.05, 0) is 20.3 Å². The molecule has 6 heteroatoms. The highest BCUT2D eigenvalue weighted by molar-refractivity contribution is 7.99. The molecule has 2 rings (SSSR count). The second-order valence-corrected chi connectivity index (χ2v) is 5.92. The third kappa shape index (κ3) is 3.18. The van der Waals surface area contributed by atoms with E-state index in [4.69, 9.17) is 0 Å². The lowest BCUT2D eigenvalue weighted by Crippen LogP contribution is -2.35. The van der Waals surface area contributed by atoms with Gasteiger partial charge in [0.1, 0.15) is 0 Å². The molecule has 0 radical (unpaired) electrons. The molecule has 0 spiro atoms. The van der Waals surface area contributed by atoms with Crippen molar-refractivity contribution in [2.24, 2.45) is 0 Å². The first-order valence-electron chi connectivity index (χ1n) is 6.53. The van der Waals surface area contributed by atoms with Gasteiger partial charge in [0.05, 0.1) is 6.04 Å². The molecular weight excluding hydrogens is 262 g/mol. The third-order valence-corrected chi connectivity index (χ3v) is 4.36. The first-order chi connectivity index (χ1) is 9.01. The van der Waals surface area contributed by atoms with Crippen LogP contribution in [0.1, 0.15) is 38.4 Å². The summed E-state index contributed by atoms with van der Waals surface area (Å²) < 4.78 is 1.65. The molecule has 0 saturated carbocycles. The van der Waals surface area contributed by atoms with E-state index in [0.29, 0.717) is 6.42 Å². The molecule has 1 aliphatic rings. The summed E-state index contributed by atoms with van der Waals surface area (Å²) in [5.74, 6) is 0.736. The number of fused-ring (bicyclic) bond motifs is 1. The summed E-state index contributed by atoms with van der Waals surface area (Å²) in [5, 5.41) is 3.66. The van der Waals surface area contributed by atoms with Crippen LogP contribution in [0.25, 0.3) is 0 Å². The Morgan fingerprint density at radius 2 is 2.42 bits per heavy atom. The molecule has 0 bridgehead atoms. The van der Waals surface area contributed by atoms with Gasteiger partial charge in [0.15, 0.2) is 5.16 Å². The Balaban J connectivity index is 2.11. The first kappa shape index (κ1) is 14.1. The van der Waals surface area contributed by atoms with E-state index in [2.05, 4.69) is 10.3 Å². The van der Waals surface area contributed by atoms with E-state index in [1.54, 1.807) is 16.3 Å². The number of hydrogen-bond acceptors (Lipinski definition) is 4. The molecular formula is C13H19N3O2S.